The number of carbonyl (C=O) groups is 1. The van der Waals surface area contributed by atoms with Gasteiger partial charge in [-0.1, -0.05) is 6.07 Å². The fourth-order valence-corrected chi connectivity index (χ4v) is 4.46. The van der Waals surface area contributed by atoms with E-state index in [4.69, 9.17) is 0 Å². The molecule has 30 heavy (non-hydrogen) atoms. The highest BCUT2D eigenvalue weighted by molar-refractivity contribution is 5.78. The first kappa shape index (κ1) is 20.5. The summed E-state index contributed by atoms with van der Waals surface area (Å²) in [5.74, 6) is 1.88. The Morgan fingerprint density at radius 3 is 2.80 bits per heavy atom. The number of hydrogen-bond acceptors (Lipinski definition) is 7. The van der Waals surface area contributed by atoms with Crippen LogP contribution in [-0.2, 0) is 11.3 Å². The van der Waals surface area contributed by atoms with Gasteiger partial charge in [0.05, 0.1) is 5.92 Å². The number of amides is 1. The average Bonchev–Trinajstić information content (AvgIpc) is 2.83. The van der Waals surface area contributed by atoms with Gasteiger partial charge < -0.3 is 15.5 Å². The number of hydrogen-bond donors (Lipinski definition) is 2. The van der Waals surface area contributed by atoms with Crippen molar-refractivity contribution in [3.8, 4) is 0 Å². The summed E-state index contributed by atoms with van der Waals surface area (Å²) < 4.78 is 0. The van der Waals surface area contributed by atoms with Crippen molar-refractivity contribution in [3.63, 3.8) is 0 Å². The number of pyridine rings is 1. The third-order valence-corrected chi connectivity index (χ3v) is 6.18. The molecular formula is C22H31N7O. The van der Waals surface area contributed by atoms with Crippen LogP contribution in [0.3, 0.4) is 0 Å². The lowest BCUT2D eigenvalue weighted by Gasteiger charge is -2.42. The minimum atomic E-state index is 0.0732. The summed E-state index contributed by atoms with van der Waals surface area (Å²) in [6, 6.07) is 6.30. The number of piperidine rings is 2. The molecule has 0 radical (unpaired) electrons. The van der Waals surface area contributed by atoms with Crippen molar-refractivity contribution < 1.29 is 4.79 Å². The van der Waals surface area contributed by atoms with E-state index in [1.807, 2.05) is 25.2 Å². The van der Waals surface area contributed by atoms with Gasteiger partial charge in [-0.2, -0.15) is 4.98 Å². The molecule has 2 N–H and O–H groups in total. The van der Waals surface area contributed by atoms with Crippen molar-refractivity contribution in [1.82, 2.24) is 25.2 Å². The zero-order valence-corrected chi connectivity index (χ0v) is 17.6. The minimum Gasteiger partial charge on any atom is -0.373 e. The second-order valence-corrected chi connectivity index (χ2v) is 8.12. The predicted octanol–water partition coefficient (Wildman–Crippen LogP) is 1.91. The van der Waals surface area contributed by atoms with Crippen LogP contribution in [0.4, 0.5) is 11.8 Å². The lowest BCUT2D eigenvalue weighted by atomic mass is 9.93. The van der Waals surface area contributed by atoms with Crippen molar-refractivity contribution in [2.45, 2.75) is 38.3 Å². The van der Waals surface area contributed by atoms with Gasteiger partial charge in [0.25, 0.3) is 0 Å². The minimum absolute atomic E-state index is 0.0732. The predicted molar refractivity (Wildman–Crippen MR) is 117 cm³/mol. The van der Waals surface area contributed by atoms with E-state index in [1.165, 1.54) is 0 Å². The number of anilines is 2. The Balaban J connectivity index is 1.27. The Bertz CT molecular complexity index is 823. The van der Waals surface area contributed by atoms with Crippen LogP contribution >= 0.6 is 0 Å². The highest BCUT2D eigenvalue weighted by Gasteiger charge is 2.32. The highest BCUT2D eigenvalue weighted by atomic mass is 16.1. The SMILES string of the molecule is CNc1ccnc(N2CCC(N3CCC[C@@H](C(=O)NCc4cccnc4)C3)CC2)n1. The Kier molecular flexibility index (Phi) is 6.74. The Morgan fingerprint density at radius 1 is 1.17 bits per heavy atom. The zero-order chi connectivity index (χ0) is 20.8. The number of nitrogens with zero attached hydrogens (tertiary/aromatic N) is 5. The van der Waals surface area contributed by atoms with Gasteiger partial charge in [-0.05, 0) is 49.9 Å². The maximum Gasteiger partial charge on any atom is 0.227 e. The molecule has 160 valence electrons. The number of carbonyl (C=O) groups excluding carboxylic acids is 1. The summed E-state index contributed by atoms with van der Waals surface area (Å²) in [6.45, 7) is 4.39. The summed E-state index contributed by atoms with van der Waals surface area (Å²) >= 11 is 0. The molecule has 4 heterocycles. The van der Waals surface area contributed by atoms with Crippen LogP contribution in [0, 0.1) is 5.92 Å². The maximum absolute atomic E-state index is 12.7. The normalized spacial score (nSPS) is 20.7. The molecule has 2 aliphatic rings. The molecule has 0 aliphatic carbocycles. The third-order valence-electron chi connectivity index (χ3n) is 6.18. The molecule has 2 aromatic heterocycles. The number of rotatable bonds is 6. The van der Waals surface area contributed by atoms with Gasteiger partial charge in [0, 0.05) is 57.9 Å². The van der Waals surface area contributed by atoms with E-state index >= 15 is 0 Å². The molecule has 8 heteroatoms. The lowest BCUT2D eigenvalue weighted by Crippen LogP contribution is -2.51. The fourth-order valence-electron chi connectivity index (χ4n) is 4.46. The number of nitrogens with one attached hydrogen (secondary N) is 2. The molecule has 2 fully saturated rings. The molecule has 8 nitrogen and oxygen atoms in total. The van der Waals surface area contributed by atoms with Crippen LogP contribution in [0.15, 0.2) is 36.8 Å². The van der Waals surface area contributed by atoms with E-state index < -0.39 is 0 Å². The first-order chi connectivity index (χ1) is 14.7. The Morgan fingerprint density at radius 2 is 2.03 bits per heavy atom. The number of likely N-dealkylation sites (tertiary alicyclic amines) is 1. The molecule has 2 aliphatic heterocycles. The second-order valence-electron chi connectivity index (χ2n) is 8.12. The van der Waals surface area contributed by atoms with Crippen LogP contribution in [0.1, 0.15) is 31.2 Å². The third kappa shape index (κ3) is 5.05. The quantitative estimate of drug-likeness (QED) is 0.754. The van der Waals surface area contributed by atoms with Gasteiger partial charge in [0.1, 0.15) is 5.82 Å². The first-order valence-electron chi connectivity index (χ1n) is 10.9. The van der Waals surface area contributed by atoms with Crippen LogP contribution in [0.2, 0.25) is 0 Å². The van der Waals surface area contributed by atoms with Crippen LogP contribution in [0.5, 0.6) is 0 Å². The Labute approximate surface area is 178 Å². The first-order valence-corrected chi connectivity index (χ1v) is 10.9. The monoisotopic (exact) mass is 409 g/mol. The number of aromatic nitrogens is 3. The summed E-state index contributed by atoms with van der Waals surface area (Å²) in [5.41, 5.74) is 1.04. The summed E-state index contributed by atoms with van der Waals surface area (Å²) in [6.07, 6.45) is 9.57. The molecule has 2 saturated heterocycles. The molecule has 0 unspecified atom stereocenters. The molecule has 4 rings (SSSR count). The van der Waals surface area contributed by atoms with Crippen LogP contribution in [-0.4, -0.2) is 65.0 Å². The van der Waals surface area contributed by atoms with Crippen molar-refractivity contribution in [1.29, 1.82) is 0 Å². The molecule has 1 amide bonds. The van der Waals surface area contributed by atoms with Gasteiger partial charge >= 0.3 is 0 Å². The summed E-state index contributed by atoms with van der Waals surface area (Å²) in [4.78, 5) is 30.6. The van der Waals surface area contributed by atoms with E-state index in [1.54, 1.807) is 18.6 Å². The van der Waals surface area contributed by atoms with Gasteiger partial charge in [0.15, 0.2) is 0 Å². The van der Waals surface area contributed by atoms with Gasteiger partial charge in [-0.25, -0.2) is 4.98 Å². The largest absolute Gasteiger partial charge is 0.373 e. The average molecular weight is 410 g/mol. The molecule has 1 atom stereocenters. The van der Waals surface area contributed by atoms with E-state index in [-0.39, 0.29) is 11.8 Å². The van der Waals surface area contributed by atoms with Gasteiger partial charge in [-0.3, -0.25) is 14.7 Å². The van der Waals surface area contributed by atoms with Crippen molar-refractivity contribution in [2.24, 2.45) is 5.92 Å². The molecular weight excluding hydrogens is 378 g/mol. The van der Waals surface area contributed by atoms with Crippen LogP contribution < -0.4 is 15.5 Å². The second kappa shape index (κ2) is 9.84. The van der Waals surface area contributed by atoms with E-state index in [0.717, 1.165) is 69.2 Å². The van der Waals surface area contributed by atoms with E-state index in [2.05, 4.69) is 35.4 Å². The smallest absolute Gasteiger partial charge is 0.227 e. The molecule has 0 spiro atoms. The highest BCUT2D eigenvalue weighted by Crippen LogP contribution is 2.25. The van der Waals surface area contributed by atoms with Crippen molar-refractivity contribution in [2.75, 3.05) is 43.4 Å². The maximum atomic E-state index is 12.7. The molecule has 2 aromatic rings. The van der Waals surface area contributed by atoms with Crippen molar-refractivity contribution >= 4 is 17.7 Å². The molecule has 0 bridgehead atoms. The van der Waals surface area contributed by atoms with Gasteiger partial charge in [-0.15, -0.1) is 0 Å². The summed E-state index contributed by atoms with van der Waals surface area (Å²) in [5, 5.41) is 6.17. The summed E-state index contributed by atoms with van der Waals surface area (Å²) in [7, 11) is 1.87. The van der Waals surface area contributed by atoms with Crippen LogP contribution in [0.25, 0.3) is 0 Å². The van der Waals surface area contributed by atoms with E-state index in [0.29, 0.717) is 12.6 Å². The topological polar surface area (TPSA) is 86.3 Å². The lowest BCUT2D eigenvalue weighted by molar-refractivity contribution is -0.127. The van der Waals surface area contributed by atoms with E-state index in [9.17, 15) is 4.79 Å². The molecule has 0 aromatic carbocycles. The zero-order valence-electron chi connectivity index (χ0n) is 17.6. The standard InChI is InChI=1S/C22H31N7O/c1-23-20-6-10-25-22(27-20)28-12-7-19(8-13-28)29-11-3-5-18(16-29)21(30)26-15-17-4-2-9-24-14-17/h2,4,6,9-10,14,18-19H,3,5,7-8,11-13,15-16H2,1H3,(H,26,30)(H,23,25,27)/t18-/m1/s1. The fraction of sp³-hybridized carbons (Fsp3) is 0.545. The molecule has 0 saturated carbocycles. The Hall–Kier alpha value is -2.74. The van der Waals surface area contributed by atoms with Crippen molar-refractivity contribution in [3.05, 3.63) is 42.4 Å². The van der Waals surface area contributed by atoms with Gasteiger partial charge in [0.2, 0.25) is 11.9 Å².